The van der Waals surface area contributed by atoms with Gasteiger partial charge in [-0.3, -0.25) is 4.90 Å². The number of benzene rings is 1. The van der Waals surface area contributed by atoms with E-state index in [0.29, 0.717) is 17.2 Å². The molecule has 0 bridgehead atoms. The van der Waals surface area contributed by atoms with Crippen LogP contribution in [0.2, 0.25) is 0 Å². The SMILES string of the molecule is CC1(C)C[C@@](C)(O)N(c2ccc(N)cc2)C(=S)N1. The lowest BCUT2D eigenvalue weighted by atomic mass is 9.90. The zero-order valence-corrected chi connectivity index (χ0v) is 11.7. The molecular formula is C13H19N3OS. The Morgan fingerprint density at radius 2 is 1.83 bits per heavy atom. The van der Waals surface area contributed by atoms with Gasteiger partial charge in [0.25, 0.3) is 0 Å². The number of hydrogen-bond acceptors (Lipinski definition) is 3. The van der Waals surface area contributed by atoms with Gasteiger partial charge in [-0.1, -0.05) is 0 Å². The summed E-state index contributed by atoms with van der Waals surface area (Å²) >= 11 is 5.36. The number of nitrogens with one attached hydrogen (secondary N) is 1. The van der Waals surface area contributed by atoms with Crippen LogP contribution in [0.15, 0.2) is 24.3 Å². The van der Waals surface area contributed by atoms with Crippen LogP contribution in [-0.2, 0) is 0 Å². The zero-order valence-electron chi connectivity index (χ0n) is 10.9. The van der Waals surface area contributed by atoms with Gasteiger partial charge in [-0.05, 0) is 57.3 Å². The summed E-state index contributed by atoms with van der Waals surface area (Å²) in [7, 11) is 0. The second-order valence-corrected chi connectivity index (χ2v) is 6.02. The van der Waals surface area contributed by atoms with Crippen LogP contribution in [0.4, 0.5) is 11.4 Å². The highest BCUT2D eigenvalue weighted by Gasteiger charge is 2.43. The Bertz CT molecular complexity index is 468. The number of rotatable bonds is 1. The first kappa shape index (κ1) is 13.1. The van der Waals surface area contributed by atoms with Gasteiger partial charge >= 0.3 is 0 Å². The molecule has 98 valence electrons. The molecule has 1 aliphatic heterocycles. The molecule has 0 aromatic heterocycles. The predicted molar refractivity (Wildman–Crippen MR) is 78.4 cm³/mol. The van der Waals surface area contributed by atoms with E-state index in [-0.39, 0.29) is 5.54 Å². The minimum absolute atomic E-state index is 0.217. The fourth-order valence-electron chi connectivity index (χ4n) is 2.54. The highest BCUT2D eigenvalue weighted by atomic mass is 32.1. The van der Waals surface area contributed by atoms with Gasteiger partial charge in [-0.25, -0.2) is 0 Å². The van der Waals surface area contributed by atoms with Gasteiger partial charge in [-0.2, -0.15) is 0 Å². The van der Waals surface area contributed by atoms with Crippen LogP contribution in [-0.4, -0.2) is 21.5 Å². The van der Waals surface area contributed by atoms with E-state index in [9.17, 15) is 5.11 Å². The number of aliphatic hydroxyl groups is 1. The average Bonchev–Trinajstić information content (AvgIpc) is 2.16. The molecule has 0 radical (unpaired) electrons. The molecule has 1 aliphatic rings. The Morgan fingerprint density at radius 1 is 1.28 bits per heavy atom. The molecule has 1 atom stereocenters. The molecule has 1 heterocycles. The molecule has 18 heavy (non-hydrogen) atoms. The monoisotopic (exact) mass is 265 g/mol. The largest absolute Gasteiger partial charge is 0.399 e. The lowest BCUT2D eigenvalue weighted by molar-refractivity contribution is 0.0278. The van der Waals surface area contributed by atoms with Crippen LogP contribution in [0.5, 0.6) is 0 Å². The van der Waals surface area contributed by atoms with Crippen molar-refractivity contribution in [2.75, 3.05) is 10.6 Å². The zero-order chi connectivity index (χ0) is 13.6. The van der Waals surface area contributed by atoms with Crippen LogP contribution < -0.4 is 16.0 Å². The summed E-state index contributed by atoms with van der Waals surface area (Å²) in [5, 5.41) is 14.4. The average molecular weight is 265 g/mol. The van der Waals surface area contributed by atoms with Crippen molar-refractivity contribution in [1.29, 1.82) is 0 Å². The number of nitrogen functional groups attached to an aromatic ring is 1. The quantitative estimate of drug-likeness (QED) is 0.534. The fraction of sp³-hybridized carbons (Fsp3) is 0.462. The van der Waals surface area contributed by atoms with Crippen molar-refractivity contribution in [1.82, 2.24) is 5.32 Å². The fourth-order valence-corrected chi connectivity index (χ4v) is 3.12. The molecule has 1 fully saturated rings. The van der Waals surface area contributed by atoms with Crippen molar-refractivity contribution < 1.29 is 5.11 Å². The summed E-state index contributed by atoms with van der Waals surface area (Å²) < 4.78 is 0. The number of hydrogen-bond donors (Lipinski definition) is 3. The molecule has 4 nitrogen and oxygen atoms in total. The number of nitrogens with two attached hydrogens (primary N) is 1. The van der Waals surface area contributed by atoms with Crippen molar-refractivity contribution in [3.8, 4) is 0 Å². The third-order valence-corrected chi connectivity index (χ3v) is 3.34. The van der Waals surface area contributed by atoms with Crippen LogP contribution in [0.25, 0.3) is 0 Å². The Morgan fingerprint density at radius 3 is 2.33 bits per heavy atom. The number of thiocarbonyl (C=S) groups is 1. The molecule has 5 heteroatoms. The Balaban J connectivity index is 2.38. The van der Waals surface area contributed by atoms with Crippen LogP contribution in [0.3, 0.4) is 0 Å². The summed E-state index contributed by atoms with van der Waals surface area (Å²) in [6.07, 6.45) is 0.574. The Hall–Kier alpha value is -1.33. The van der Waals surface area contributed by atoms with Gasteiger partial charge < -0.3 is 16.2 Å². The first-order chi connectivity index (χ1) is 8.21. The maximum Gasteiger partial charge on any atom is 0.176 e. The van der Waals surface area contributed by atoms with Gasteiger partial charge in [0.15, 0.2) is 5.11 Å². The summed E-state index contributed by atoms with van der Waals surface area (Å²) in [5.74, 6) is 0. The highest BCUT2D eigenvalue weighted by Crippen LogP contribution is 2.33. The molecule has 2 rings (SSSR count). The minimum Gasteiger partial charge on any atom is -0.399 e. The second-order valence-electron chi connectivity index (χ2n) is 5.63. The van der Waals surface area contributed by atoms with Gasteiger partial charge in [0.05, 0.1) is 0 Å². The van der Waals surface area contributed by atoms with E-state index >= 15 is 0 Å². The third kappa shape index (κ3) is 2.42. The second kappa shape index (κ2) is 4.10. The lowest BCUT2D eigenvalue weighted by Crippen LogP contribution is -2.66. The Kier molecular flexibility index (Phi) is 2.99. The summed E-state index contributed by atoms with van der Waals surface area (Å²) in [6.45, 7) is 5.82. The van der Waals surface area contributed by atoms with E-state index in [4.69, 9.17) is 18.0 Å². The molecule has 0 saturated carbocycles. The number of anilines is 2. The van der Waals surface area contributed by atoms with E-state index in [2.05, 4.69) is 5.32 Å². The summed E-state index contributed by atoms with van der Waals surface area (Å²) in [4.78, 5) is 1.73. The van der Waals surface area contributed by atoms with Crippen molar-refractivity contribution in [3.63, 3.8) is 0 Å². The number of nitrogens with zero attached hydrogens (tertiary/aromatic N) is 1. The third-order valence-electron chi connectivity index (χ3n) is 3.06. The molecule has 0 amide bonds. The Labute approximate surface area is 113 Å². The van der Waals surface area contributed by atoms with E-state index in [1.165, 1.54) is 0 Å². The minimum atomic E-state index is -1.01. The highest BCUT2D eigenvalue weighted by molar-refractivity contribution is 7.80. The van der Waals surface area contributed by atoms with Crippen molar-refractivity contribution in [2.45, 2.75) is 38.5 Å². The van der Waals surface area contributed by atoms with Gasteiger partial charge in [0, 0.05) is 23.3 Å². The smallest absolute Gasteiger partial charge is 0.176 e. The van der Waals surface area contributed by atoms with E-state index in [0.717, 1.165) is 5.69 Å². The normalized spacial score (nSPS) is 26.9. The maximum atomic E-state index is 10.6. The summed E-state index contributed by atoms with van der Waals surface area (Å²) in [6, 6.07) is 7.31. The lowest BCUT2D eigenvalue weighted by Gasteiger charge is -2.49. The van der Waals surface area contributed by atoms with Gasteiger partial charge in [0.2, 0.25) is 0 Å². The molecule has 1 aromatic carbocycles. The van der Waals surface area contributed by atoms with Gasteiger partial charge in [-0.15, -0.1) is 0 Å². The van der Waals surface area contributed by atoms with Crippen LogP contribution in [0.1, 0.15) is 27.2 Å². The van der Waals surface area contributed by atoms with Crippen molar-refractivity contribution >= 4 is 28.7 Å². The first-order valence-corrected chi connectivity index (χ1v) is 6.32. The van der Waals surface area contributed by atoms with E-state index < -0.39 is 5.72 Å². The molecule has 0 spiro atoms. The standard InChI is InChI=1S/C13H19N3OS/c1-12(2)8-13(3,17)16(11(18)15-12)10-6-4-9(14)5-7-10/h4-7,17H,8,14H2,1-3H3,(H,15,18)/t13-/m1/s1. The predicted octanol–water partition coefficient (Wildman–Crippen LogP) is 1.84. The van der Waals surface area contributed by atoms with E-state index in [1.807, 2.05) is 26.0 Å². The van der Waals surface area contributed by atoms with Crippen LogP contribution in [0, 0.1) is 0 Å². The van der Waals surface area contributed by atoms with Crippen LogP contribution >= 0.6 is 12.2 Å². The van der Waals surface area contributed by atoms with E-state index in [1.54, 1.807) is 24.0 Å². The molecule has 0 aliphatic carbocycles. The topological polar surface area (TPSA) is 61.5 Å². The maximum absolute atomic E-state index is 10.6. The molecule has 1 aromatic rings. The molecule has 1 saturated heterocycles. The van der Waals surface area contributed by atoms with Gasteiger partial charge in [0.1, 0.15) is 5.72 Å². The van der Waals surface area contributed by atoms with Crippen molar-refractivity contribution in [2.24, 2.45) is 0 Å². The first-order valence-electron chi connectivity index (χ1n) is 5.92. The molecule has 0 unspecified atom stereocenters. The molecule has 4 N–H and O–H groups in total. The summed E-state index contributed by atoms with van der Waals surface area (Å²) in [5.41, 5.74) is 5.97. The molecular weight excluding hydrogens is 246 g/mol. The van der Waals surface area contributed by atoms with Crippen molar-refractivity contribution in [3.05, 3.63) is 24.3 Å².